The van der Waals surface area contributed by atoms with Crippen molar-refractivity contribution in [1.82, 2.24) is 9.55 Å². The summed E-state index contributed by atoms with van der Waals surface area (Å²) in [6, 6.07) is 28.1. The van der Waals surface area contributed by atoms with Crippen molar-refractivity contribution >= 4 is 27.0 Å². The van der Waals surface area contributed by atoms with E-state index in [1.54, 1.807) is 30.3 Å². The van der Waals surface area contributed by atoms with Crippen LogP contribution < -0.4 is 15.2 Å². The second-order valence-electron chi connectivity index (χ2n) is 7.70. The monoisotopic (exact) mass is 518 g/mol. The van der Waals surface area contributed by atoms with Crippen LogP contribution in [0.5, 0.6) is 11.5 Å². The van der Waals surface area contributed by atoms with Gasteiger partial charge in [0.2, 0.25) is 0 Å². The van der Waals surface area contributed by atoms with E-state index < -0.39 is 11.5 Å². The van der Waals surface area contributed by atoms with Crippen LogP contribution in [0.1, 0.15) is 11.1 Å². The van der Waals surface area contributed by atoms with Gasteiger partial charge in [-0.3, -0.25) is 4.57 Å². The van der Waals surface area contributed by atoms with Crippen molar-refractivity contribution in [2.75, 3.05) is 0 Å². The number of halogens is 2. The summed E-state index contributed by atoms with van der Waals surface area (Å²) in [5.41, 5.74) is 2.57. The first kappa shape index (κ1) is 22.0. The number of hydrogen-bond acceptors (Lipinski definition) is 3. The largest absolute Gasteiger partial charge is 0.489 e. The average molecular weight is 519 g/mol. The molecule has 0 aliphatic carbocycles. The van der Waals surface area contributed by atoms with E-state index in [0.717, 1.165) is 11.1 Å². The Kier molecular flexibility index (Phi) is 6.18. The highest BCUT2D eigenvalue weighted by atomic mass is 79.9. The van der Waals surface area contributed by atoms with Crippen molar-refractivity contribution in [3.63, 3.8) is 0 Å². The molecule has 1 heterocycles. The summed E-state index contributed by atoms with van der Waals surface area (Å²) in [6.07, 6.45) is 0. The number of aromatic nitrogens is 2. The molecule has 7 heteroatoms. The number of imidazole rings is 1. The van der Waals surface area contributed by atoms with E-state index in [9.17, 15) is 9.18 Å². The first-order valence-electron chi connectivity index (χ1n) is 10.7. The Balaban J connectivity index is 1.54. The van der Waals surface area contributed by atoms with Crippen molar-refractivity contribution in [3.05, 3.63) is 123 Å². The summed E-state index contributed by atoms with van der Waals surface area (Å²) in [4.78, 5) is 15.5. The number of hydrogen-bond donors (Lipinski definition) is 1. The van der Waals surface area contributed by atoms with Crippen molar-refractivity contribution in [2.24, 2.45) is 0 Å². The molecule has 0 amide bonds. The van der Waals surface area contributed by atoms with Crippen molar-refractivity contribution in [3.8, 4) is 17.2 Å². The maximum absolute atomic E-state index is 14.6. The predicted molar refractivity (Wildman–Crippen MR) is 133 cm³/mol. The van der Waals surface area contributed by atoms with Crippen molar-refractivity contribution in [1.29, 1.82) is 0 Å². The second kappa shape index (κ2) is 9.57. The molecule has 1 N–H and O–H groups in total. The molecule has 0 bridgehead atoms. The highest BCUT2D eigenvalue weighted by molar-refractivity contribution is 9.10. The second-order valence-corrected chi connectivity index (χ2v) is 8.55. The Morgan fingerprint density at radius 1 is 0.824 bits per heavy atom. The van der Waals surface area contributed by atoms with Gasteiger partial charge in [-0.15, -0.1) is 0 Å². The molecule has 0 aliphatic heterocycles. The Morgan fingerprint density at radius 3 is 2.15 bits per heavy atom. The number of nitrogens with zero attached hydrogens (tertiary/aromatic N) is 1. The molecule has 5 rings (SSSR count). The number of rotatable bonds is 7. The Morgan fingerprint density at radius 2 is 1.47 bits per heavy atom. The standard InChI is InChI=1S/C27H20BrFN2O3/c28-21-12-14-23-26(25(21)29)30-27(32)31(23)22-13-11-20(33-16-18-7-3-1-4-8-18)15-24(22)34-17-19-9-5-2-6-10-19/h1-15H,16-17H2,(H,30,32). The molecule has 0 unspecified atom stereocenters. The van der Waals surface area contributed by atoms with Crippen LogP contribution in [-0.2, 0) is 13.2 Å². The lowest BCUT2D eigenvalue weighted by molar-refractivity contribution is 0.289. The number of ether oxygens (including phenoxy) is 2. The normalized spacial score (nSPS) is 11.0. The molecular weight excluding hydrogens is 499 g/mol. The van der Waals surface area contributed by atoms with Crippen molar-refractivity contribution < 1.29 is 13.9 Å². The molecule has 0 saturated heterocycles. The van der Waals surface area contributed by atoms with E-state index in [1.807, 2.05) is 60.7 Å². The van der Waals surface area contributed by atoms with Gasteiger partial charge in [0, 0.05) is 6.07 Å². The predicted octanol–water partition coefficient (Wildman–Crippen LogP) is 6.38. The molecule has 34 heavy (non-hydrogen) atoms. The zero-order chi connectivity index (χ0) is 23.5. The van der Waals surface area contributed by atoms with Gasteiger partial charge in [-0.25, -0.2) is 9.18 Å². The first-order valence-corrected chi connectivity index (χ1v) is 11.5. The minimum Gasteiger partial charge on any atom is -0.489 e. The van der Waals surface area contributed by atoms with E-state index in [-0.39, 0.29) is 9.99 Å². The maximum Gasteiger partial charge on any atom is 0.331 e. The van der Waals surface area contributed by atoms with Crippen LogP contribution in [0.25, 0.3) is 16.7 Å². The van der Waals surface area contributed by atoms with Crippen molar-refractivity contribution in [2.45, 2.75) is 13.2 Å². The lowest BCUT2D eigenvalue weighted by Gasteiger charge is -2.15. The van der Waals surface area contributed by atoms with Gasteiger partial charge in [-0.05, 0) is 51.3 Å². The topological polar surface area (TPSA) is 56.2 Å². The molecule has 0 spiro atoms. The van der Waals surface area contributed by atoms with Gasteiger partial charge in [-0.2, -0.15) is 0 Å². The fraction of sp³-hybridized carbons (Fsp3) is 0.0741. The van der Waals surface area contributed by atoms with Gasteiger partial charge in [0.25, 0.3) is 0 Å². The molecule has 0 radical (unpaired) electrons. The highest BCUT2D eigenvalue weighted by Crippen LogP contribution is 2.32. The van der Waals surface area contributed by atoms with Crippen LogP contribution in [-0.4, -0.2) is 9.55 Å². The van der Waals surface area contributed by atoms with Gasteiger partial charge in [0.15, 0.2) is 5.82 Å². The minimum atomic E-state index is -0.525. The molecule has 4 aromatic carbocycles. The van der Waals surface area contributed by atoms with Crippen LogP contribution in [0, 0.1) is 5.82 Å². The fourth-order valence-electron chi connectivity index (χ4n) is 3.72. The van der Waals surface area contributed by atoms with E-state index in [0.29, 0.717) is 35.9 Å². The van der Waals surface area contributed by atoms with Crippen LogP contribution >= 0.6 is 15.9 Å². The summed E-state index contributed by atoms with van der Waals surface area (Å²) >= 11 is 3.17. The van der Waals surface area contributed by atoms with Crippen LogP contribution in [0.2, 0.25) is 0 Å². The van der Waals surface area contributed by atoms with E-state index >= 15 is 0 Å². The Hall–Kier alpha value is -3.84. The SMILES string of the molecule is O=c1[nH]c2c(F)c(Br)ccc2n1-c1ccc(OCc2ccccc2)cc1OCc1ccccc1. The molecule has 170 valence electrons. The molecule has 5 aromatic rings. The third-order valence-electron chi connectivity index (χ3n) is 5.41. The van der Waals surface area contributed by atoms with Gasteiger partial charge >= 0.3 is 5.69 Å². The summed E-state index contributed by atoms with van der Waals surface area (Å²) in [5, 5.41) is 0. The number of H-pyrrole nitrogens is 1. The van der Waals surface area contributed by atoms with E-state index in [4.69, 9.17) is 9.47 Å². The summed E-state index contributed by atoms with van der Waals surface area (Å²) in [7, 11) is 0. The zero-order valence-corrected chi connectivity index (χ0v) is 19.6. The molecule has 0 fully saturated rings. The van der Waals surface area contributed by atoms with E-state index in [1.165, 1.54) is 4.57 Å². The summed E-state index contributed by atoms with van der Waals surface area (Å²) < 4.78 is 28.4. The lowest BCUT2D eigenvalue weighted by Crippen LogP contribution is -2.15. The minimum absolute atomic E-state index is 0.123. The van der Waals surface area contributed by atoms with E-state index in [2.05, 4.69) is 20.9 Å². The fourth-order valence-corrected chi connectivity index (χ4v) is 4.05. The Labute approximate surface area is 203 Å². The molecule has 5 nitrogen and oxygen atoms in total. The van der Waals surface area contributed by atoms with Crippen LogP contribution in [0.3, 0.4) is 0 Å². The van der Waals surface area contributed by atoms with Crippen LogP contribution in [0.15, 0.2) is 100 Å². The Bertz CT molecular complexity index is 1500. The van der Waals surface area contributed by atoms with Crippen LogP contribution in [0.4, 0.5) is 4.39 Å². The summed E-state index contributed by atoms with van der Waals surface area (Å²) in [6.45, 7) is 0.692. The average Bonchev–Trinajstić information content (AvgIpc) is 3.21. The smallest absolute Gasteiger partial charge is 0.331 e. The van der Waals surface area contributed by atoms with Gasteiger partial charge in [0.1, 0.15) is 30.2 Å². The maximum atomic E-state index is 14.6. The van der Waals surface area contributed by atoms with Gasteiger partial charge in [-0.1, -0.05) is 60.7 Å². The number of benzene rings is 4. The quantitative estimate of drug-likeness (QED) is 0.272. The molecule has 0 aliphatic rings. The molecule has 0 saturated carbocycles. The third-order valence-corrected chi connectivity index (χ3v) is 6.02. The van der Waals surface area contributed by atoms with Gasteiger partial charge < -0.3 is 14.5 Å². The van der Waals surface area contributed by atoms with Gasteiger partial charge in [0.05, 0.1) is 15.7 Å². The molecular formula is C27H20BrFN2O3. The number of fused-ring (bicyclic) bond motifs is 1. The zero-order valence-electron chi connectivity index (χ0n) is 18.0. The molecule has 0 atom stereocenters. The number of aromatic amines is 1. The first-order chi connectivity index (χ1) is 16.6. The third kappa shape index (κ3) is 4.47. The molecule has 1 aromatic heterocycles. The highest BCUT2D eigenvalue weighted by Gasteiger charge is 2.18. The number of nitrogens with one attached hydrogen (secondary N) is 1. The lowest BCUT2D eigenvalue weighted by atomic mass is 10.2. The summed E-state index contributed by atoms with van der Waals surface area (Å²) in [5.74, 6) is 0.515.